The number of hydrogen-bond acceptors (Lipinski definition) is 3. The topological polar surface area (TPSA) is 28.2 Å². The van der Waals surface area contributed by atoms with E-state index >= 15 is 0 Å². The number of pyridine rings is 1. The number of nitrogens with zero attached hydrogens (tertiary/aromatic N) is 2. The first-order valence-electron chi connectivity index (χ1n) is 7.66. The normalized spacial score (nSPS) is 12.2. The van der Waals surface area contributed by atoms with E-state index in [2.05, 4.69) is 79.4 Å². The molecular formula is C18H25N3. The maximum atomic E-state index is 4.64. The van der Waals surface area contributed by atoms with Crippen LogP contribution in [0.25, 0.3) is 0 Å². The summed E-state index contributed by atoms with van der Waals surface area (Å²) < 4.78 is 0. The van der Waals surface area contributed by atoms with Gasteiger partial charge in [-0.3, -0.25) is 4.98 Å². The molecule has 0 radical (unpaired) electrons. The minimum atomic E-state index is 0.341. The van der Waals surface area contributed by atoms with Crippen LogP contribution in [0.4, 0.5) is 11.4 Å². The summed E-state index contributed by atoms with van der Waals surface area (Å²) in [5, 5.41) is 3.46. The highest BCUT2D eigenvalue weighted by Gasteiger charge is 2.11. The lowest BCUT2D eigenvalue weighted by Gasteiger charge is -2.22. The van der Waals surface area contributed by atoms with Crippen LogP contribution >= 0.6 is 0 Å². The van der Waals surface area contributed by atoms with Crippen LogP contribution in [0.2, 0.25) is 0 Å². The van der Waals surface area contributed by atoms with Crippen LogP contribution in [-0.2, 0) is 0 Å². The van der Waals surface area contributed by atoms with Gasteiger partial charge >= 0.3 is 0 Å². The van der Waals surface area contributed by atoms with Crippen LogP contribution in [0.1, 0.15) is 37.6 Å². The Balaban J connectivity index is 2.20. The first kappa shape index (κ1) is 15.5. The van der Waals surface area contributed by atoms with Gasteiger partial charge in [-0.15, -0.1) is 0 Å². The van der Waals surface area contributed by atoms with Gasteiger partial charge in [0, 0.05) is 18.8 Å². The van der Waals surface area contributed by atoms with E-state index in [-0.39, 0.29) is 0 Å². The Kier molecular flexibility index (Phi) is 5.34. The molecule has 1 aromatic heterocycles. The Morgan fingerprint density at radius 2 is 1.90 bits per heavy atom. The number of rotatable bonds is 6. The number of anilines is 2. The van der Waals surface area contributed by atoms with Crippen LogP contribution in [-0.4, -0.2) is 18.6 Å². The van der Waals surface area contributed by atoms with Crippen molar-refractivity contribution in [2.24, 2.45) is 0 Å². The van der Waals surface area contributed by atoms with Crippen molar-refractivity contribution >= 4 is 11.4 Å². The Hall–Kier alpha value is -1.87. The fraction of sp³-hybridized carbons (Fsp3) is 0.389. The zero-order valence-electron chi connectivity index (χ0n) is 13.4. The van der Waals surface area contributed by atoms with Crippen LogP contribution in [0, 0.1) is 6.92 Å². The number of benzene rings is 1. The zero-order valence-corrected chi connectivity index (χ0v) is 13.4. The monoisotopic (exact) mass is 283 g/mol. The summed E-state index contributed by atoms with van der Waals surface area (Å²) in [6.07, 6.45) is 3.01. The van der Waals surface area contributed by atoms with Crippen molar-refractivity contribution in [3.63, 3.8) is 0 Å². The molecule has 0 saturated carbocycles. The Morgan fingerprint density at radius 3 is 2.48 bits per heavy atom. The average molecular weight is 283 g/mol. The molecule has 1 N–H and O–H groups in total. The van der Waals surface area contributed by atoms with Crippen molar-refractivity contribution in [3.05, 3.63) is 53.9 Å². The van der Waals surface area contributed by atoms with Crippen LogP contribution in [0.3, 0.4) is 0 Å². The average Bonchev–Trinajstić information content (AvgIpc) is 2.52. The maximum absolute atomic E-state index is 4.64. The quantitative estimate of drug-likeness (QED) is 0.860. The number of nitrogens with one attached hydrogen (secondary N) is 1. The maximum Gasteiger partial charge on any atom is 0.0594 e. The molecule has 3 heteroatoms. The molecule has 1 heterocycles. The highest BCUT2D eigenvalue weighted by atomic mass is 15.1. The molecule has 0 bridgehead atoms. The molecule has 2 rings (SSSR count). The second-order valence-electron chi connectivity index (χ2n) is 5.31. The summed E-state index contributed by atoms with van der Waals surface area (Å²) in [6.45, 7) is 7.41. The zero-order chi connectivity index (χ0) is 15.2. The van der Waals surface area contributed by atoms with Gasteiger partial charge in [0.2, 0.25) is 0 Å². The molecule has 1 aromatic carbocycles. The molecule has 21 heavy (non-hydrogen) atoms. The SMILES string of the molecule is CCNC(CC)c1ccc(N(C)c2ccccc2C)cn1. The third-order valence-corrected chi connectivity index (χ3v) is 3.85. The summed E-state index contributed by atoms with van der Waals surface area (Å²) >= 11 is 0. The summed E-state index contributed by atoms with van der Waals surface area (Å²) in [5.41, 5.74) is 4.70. The van der Waals surface area contributed by atoms with Crippen molar-refractivity contribution in [2.75, 3.05) is 18.5 Å². The summed E-state index contributed by atoms with van der Waals surface area (Å²) in [7, 11) is 2.08. The molecule has 0 saturated heterocycles. The fourth-order valence-electron chi connectivity index (χ4n) is 2.59. The van der Waals surface area contributed by atoms with E-state index < -0.39 is 0 Å². The van der Waals surface area contributed by atoms with Crippen molar-refractivity contribution in [1.29, 1.82) is 0 Å². The van der Waals surface area contributed by atoms with Gasteiger partial charge in [0.05, 0.1) is 17.6 Å². The summed E-state index contributed by atoms with van der Waals surface area (Å²) in [5.74, 6) is 0. The van der Waals surface area contributed by atoms with E-state index in [0.717, 1.165) is 24.3 Å². The van der Waals surface area contributed by atoms with E-state index in [1.165, 1.54) is 11.3 Å². The van der Waals surface area contributed by atoms with Gasteiger partial charge in [0.25, 0.3) is 0 Å². The molecule has 0 amide bonds. The lowest BCUT2D eigenvalue weighted by atomic mass is 10.1. The molecule has 2 aromatic rings. The van der Waals surface area contributed by atoms with E-state index in [9.17, 15) is 0 Å². The molecule has 0 aliphatic heterocycles. The van der Waals surface area contributed by atoms with Crippen LogP contribution in [0.15, 0.2) is 42.6 Å². The molecule has 0 aliphatic carbocycles. The van der Waals surface area contributed by atoms with Gasteiger partial charge in [-0.05, 0) is 43.7 Å². The molecule has 0 aliphatic rings. The van der Waals surface area contributed by atoms with Gasteiger partial charge in [-0.2, -0.15) is 0 Å². The predicted octanol–water partition coefficient (Wildman–Crippen LogP) is 4.22. The molecule has 112 valence electrons. The van der Waals surface area contributed by atoms with Gasteiger partial charge in [-0.1, -0.05) is 32.0 Å². The molecule has 1 unspecified atom stereocenters. The van der Waals surface area contributed by atoms with Gasteiger partial charge in [0.1, 0.15) is 0 Å². The minimum absolute atomic E-state index is 0.341. The first-order chi connectivity index (χ1) is 10.2. The number of aromatic nitrogens is 1. The van der Waals surface area contributed by atoms with Crippen molar-refractivity contribution in [2.45, 2.75) is 33.2 Å². The number of hydrogen-bond donors (Lipinski definition) is 1. The first-order valence-corrected chi connectivity index (χ1v) is 7.66. The number of aryl methyl sites for hydroxylation is 1. The van der Waals surface area contributed by atoms with Gasteiger partial charge < -0.3 is 10.2 Å². The highest BCUT2D eigenvalue weighted by Crippen LogP contribution is 2.26. The van der Waals surface area contributed by atoms with Crippen molar-refractivity contribution in [3.8, 4) is 0 Å². The third-order valence-electron chi connectivity index (χ3n) is 3.85. The largest absolute Gasteiger partial charge is 0.343 e. The van der Waals surface area contributed by atoms with E-state index in [4.69, 9.17) is 0 Å². The molecule has 0 fully saturated rings. The van der Waals surface area contributed by atoms with E-state index in [1.54, 1.807) is 0 Å². The summed E-state index contributed by atoms with van der Waals surface area (Å²) in [6, 6.07) is 13.0. The Bertz CT molecular complexity index is 563. The van der Waals surface area contributed by atoms with Crippen LogP contribution in [0.5, 0.6) is 0 Å². The van der Waals surface area contributed by atoms with Crippen molar-refractivity contribution in [1.82, 2.24) is 10.3 Å². The van der Waals surface area contributed by atoms with E-state index in [0.29, 0.717) is 6.04 Å². The molecular weight excluding hydrogens is 258 g/mol. The Morgan fingerprint density at radius 1 is 1.14 bits per heavy atom. The molecule has 3 nitrogen and oxygen atoms in total. The number of para-hydroxylation sites is 1. The molecule has 1 atom stereocenters. The third kappa shape index (κ3) is 3.61. The minimum Gasteiger partial charge on any atom is -0.343 e. The lowest BCUT2D eigenvalue weighted by molar-refractivity contribution is 0.525. The fourth-order valence-corrected chi connectivity index (χ4v) is 2.59. The van der Waals surface area contributed by atoms with Crippen molar-refractivity contribution < 1.29 is 0 Å². The van der Waals surface area contributed by atoms with E-state index in [1.807, 2.05) is 6.20 Å². The van der Waals surface area contributed by atoms with Gasteiger partial charge in [-0.25, -0.2) is 0 Å². The predicted molar refractivity (Wildman–Crippen MR) is 90.2 cm³/mol. The highest BCUT2D eigenvalue weighted by molar-refractivity contribution is 5.64. The lowest BCUT2D eigenvalue weighted by Crippen LogP contribution is -2.21. The van der Waals surface area contributed by atoms with Crippen LogP contribution < -0.4 is 10.2 Å². The standard InChI is InChI=1S/C18H25N3/c1-5-16(19-6-2)17-12-11-15(13-20-17)21(4)18-10-8-7-9-14(18)3/h7-13,16,19H,5-6H2,1-4H3. The van der Waals surface area contributed by atoms with Gasteiger partial charge in [0.15, 0.2) is 0 Å². The Labute approximate surface area is 128 Å². The second kappa shape index (κ2) is 7.23. The second-order valence-corrected chi connectivity index (χ2v) is 5.31. The molecule has 0 spiro atoms. The summed E-state index contributed by atoms with van der Waals surface area (Å²) in [4.78, 5) is 6.82. The smallest absolute Gasteiger partial charge is 0.0594 e.